The van der Waals surface area contributed by atoms with Crippen molar-refractivity contribution in [2.75, 3.05) is 39.6 Å². The van der Waals surface area contributed by atoms with E-state index in [0.29, 0.717) is 25.7 Å². The largest absolute Gasteiger partial charge is 0.472 e. The maximum atomic E-state index is 13.1. The fourth-order valence-corrected chi connectivity index (χ4v) is 13.8. The summed E-state index contributed by atoms with van der Waals surface area (Å²) in [4.78, 5) is 73.0. The van der Waals surface area contributed by atoms with E-state index < -0.39 is 97.5 Å². The highest BCUT2D eigenvalue weighted by Gasteiger charge is 2.30. The molecule has 19 heteroatoms. The molecule has 3 N–H and O–H groups in total. The van der Waals surface area contributed by atoms with Crippen LogP contribution in [0.2, 0.25) is 0 Å². The summed E-state index contributed by atoms with van der Waals surface area (Å²) in [7, 11) is -9.93. The third-order valence-corrected chi connectivity index (χ3v) is 20.6. The quantitative estimate of drug-likeness (QED) is 0.0169. The van der Waals surface area contributed by atoms with Crippen molar-refractivity contribution in [3.8, 4) is 0 Å². The molecule has 0 heterocycles. The Kier molecular flexibility index (Phi) is 72.6. The van der Waals surface area contributed by atoms with Crippen LogP contribution in [0.15, 0.2) is 24.3 Å². The van der Waals surface area contributed by atoms with Crippen LogP contribution in [0.25, 0.3) is 0 Å². The highest BCUT2D eigenvalue weighted by atomic mass is 31.2. The zero-order valence-electron chi connectivity index (χ0n) is 65.5. The van der Waals surface area contributed by atoms with Crippen molar-refractivity contribution in [2.24, 2.45) is 5.92 Å². The molecule has 0 rings (SSSR count). The van der Waals surface area contributed by atoms with Gasteiger partial charge in [0.25, 0.3) is 0 Å². The van der Waals surface area contributed by atoms with Crippen LogP contribution in [0.5, 0.6) is 0 Å². The van der Waals surface area contributed by atoms with E-state index in [1.807, 2.05) is 0 Å². The van der Waals surface area contributed by atoms with Crippen molar-refractivity contribution in [3.63, 3.8) is 0 Å². The summed E-state index contributed by atoms with van der Waals surface area (Å²) in [5, 5.41) is 10.6. The number of aliphatic hydroxyl groups excluding tert-OH is 1. The average molecular weight is 1480 g/mol. The Bertz CT molecular complexity index is 2020. The van der Waals surface area contributed by atoms with Gasteiger partial charge in [0.15, 0.2) is 12.2 Å². The Morgan fingerprint density at radius 3 is 0.812 bits per heavy atom. The maximum Gasteiger partial charge on any atom is 0.472 e. The number of carbonyl (C=O) groups is 4. The van der Waals surface area contributed by atoms with Crippen LogP contribution in [0.4, 0.5) is 0 Å². The molecule has 0 aliphatic rings. The highest BCUT2D eigenvalue weighted by Crippen LogP contribution is 2.45. The summed E-state index contributed by atoms with van der Waals surface area (Å²) < 4.78 is 68.7. The van der Waals surface area contributed by atoms with Gasteiger partial charge in [-0.05, 0) is 57.3 Å². The summed E-state index contributed by atoms with van der Waals surface area (Å²) in [6.45, 7) is 7.29. The van der Waals surface area contributed by atoms with Gasteiger partial charge in [0.05, 0.1) is 26.4 Å². The lowest BCUT2D eigenvalue weighted by Crippen LogP contribution is -2.30. The zero-order chi connectivity index (χ0) is 74.1. The van der Waals surface area contributed by atoms with Crippen molar-refractivity contribution in [1.82, 2.24) is 0 Å². The highest BCUT2D eigenvalue weighted by molar-refractivity contribution is 7.47. The SMILES string of the molecule is CCCCCC/C=C\C=C/CCCCCCCC(=O)O[C@H](COC(=O)CCCCCCCCCCCC)COP(=O)(O)OC[C@H](O)COP(=O)(O)OC[C@@H](COC(=O)CCCCCCCCCCCCCCCCCCCC)OC(=O)CCCCCCCCCCCCCCCCCC(C)C. The number of phosphoric acid groups is 2. The van der Waals surface area contributed by atoms with E-state index in [9.17, 15) is 43.2 Å². The van der Waals surface area contributed by atoms with Gasteiger partial charge in [0, 0.05) is 25.7 Å². The van der Waals surface area contributed by atoms with Crippen molar-refractivity contribution < 1.29 is 80.2 Å². The van der Waals surface area contributed by atoms with Gasteiger partial charge in [-0.25, -0.2) is 9.13 Å². The number of aliphatic hydroxyl groups is 1. The van der Waals surface area contributed by atoms with Crippen LogP contribution in [0, 0.1) is 5.92 Å². The molecule has 0 aromatic carbocycles. The summed E-state index contributed by atoms with van der Waals surface area (Å²) in [6, 6.07) is 0. The van der Waals surface area contributed by atoms with Crippen LogP contribution < -0.4 is 0 Å². The minimum Gasteiger partial charge on any atom is -0.462 e. The van der Waals surface area contributed by atoms with Gasteiger partial charge < -0.3 is 33.8 Å². The first kappa shape index (κ1) is 98.5. The van der Waals surface area contributed by atoms with E-state index in [-0.39, 0.29) is 25.7 Å². The molecule has 0 aromatic heterocycles. The molecule has 596 valence electrons. The van der Waals surface area contributed by atoms with E-state index in [0.717, 1.165) is 109 Å². The number of esters is 4. The lowest BCUT2D eigenvalue weighted by molar-refractivity contribution is -0.161. The average Bonchev–Trinajstić information content (AvgIpc) is 0.995. The number of allylic oxidation sites excluding steroid dienone is 4. The van der Waals surface area contributed by atoms with Gasteiger partial charge >= 0.3 is 39.5 Å². The molecule has 0 aliphatic heterocycles. The van der Waals surface area contributed by atoms with Gasteiger partial charge in [-0.2, -0.15) is 0 Å². The van der Waals surface area contributed by atoms with Crippen LogP contribution in [0.1, 0.15) is 413 Å². The molecule has 0 fully saturated rings. The van der Waals surface area contributed by atoms with Crippen molar-refractivity contribution >= 4 is 39.5 Å². The van der Waals surface area contributed by atoms with Crippen molar-refractivity contribution in [1.29, 1.82) is 0 Å². The van der Waals surface area contributed by atoms with Crippen LogP contribution in [-0.4, -0.2) is 96.7 Å². The molecular formula is C82H156O17P2. The van der Waals surface area contributed by atoms with Gasteiger partial charge in [-0.1, -0.05) is 361 Å². The fourth-order valence-electron chi connectivity index (χ4n) is 12.2. The number of carbonyl (C=O) groups excluding carboxylic acids is 4. The topological polar surface area (TPSA) is 237 Å². The molecule has 2 unspecified atom stereocenters. The van der Waals surface area contributed by atoms with E-state index in [2.05, 4.69) is 58.9 Å². The summed E-state index contributed by atoms with van der Waals surface area (Å²) in [6.07, 6.45) is 68.7. The second kappa shape index (κ2) is 74.4. The summed E-state index contributed by atoms with van der Waals surface area (Å²) in [5.74, 6) is -1.33. The molecule has 0 bridgehead atoms. The molecule has 0 amide bonds. The van der Waals surface area contributed by atoms with Crippen LogP contribution >= 0.6 is 15.6 Å². The number of hydrogen-bond acceptors (Lipinski definition) is 15. The number of hydrogen-bond donors (Lipinski definition) is 3. The number of rotatable bonds is 80. The lowest BCUT2D eigenvalue weighted by Gasteiger charge is -2.21. The second-order valence-electron chi connectivity index (χ2n) is 29.3. The third-order valence-electron chi connectivity index (χ3n) is 18.7. The standard InChI is InChI=1S/C82H156O17P2/c1-6-9-12-15-18-21-24-26-28-29-30-34-37-41-46-51-56-61-66-80(85)93-72-78(99-82(87)68-63-58-53-48-43-39-35-31-33-36-40-44-49-54-59-64-75(4)5)74-97-101(90,91)95-70-76(83)69-94-100(88,89)96-73-77(71-92-79(84)65-60-55-50-45-23-20-17-14-11-8-3)98-81(86)67-62-57-52-47-42-38-32-27-25-22-19-16-13-10-7-2/h22,25,27,32,75-78,83H,6-21,23-24,26,28-31,33-74H2,1-5H3,(H,88,89)(H,90,91)/b25-22-,32-27-/t76-,77+,78+/m0/s1. The van der Waals surface area contributed by atoms with Gasteiger partial charge in [0.2, 0.25) is 0 Å². The summed E-state index contributed by atoms with van der Waals surface area (Å²) in [5.41, 5.74) is 0. The predicted molar refractivity (Wildman–Crippen MR) is 414 cm³/mol. The molecule has 0 aromatic rings. The van der Waals surface area contributed by atoms with Crippen molar-refractivity contribution in [3.05, 3.63) is 24.3 Å². The minimum atomic E-state index is -4.97. The molecule has 0 radical (unpaired) electrons. The zero-order valence-corrected chi connectivity index (χ0v) is 67.3. The van der Waals surface area contributed by atoms with E-state index in [1.165, 1.54) is 225 Å². The monoisotopic (exact) mass is 1480 g/mol. The minimum absolute atomic E-state index is 0.0855. The number of phosphoric ester groups is 2. The first-order chi connectivity index (χ1) is 49.0. The Morgan fingerprint density at radius 2 is 0.535 bits per heavy atom. The Morgan fingerprint density at radius 1 is 0.307 bits per heavy atom. The molecule has 0 aliphatic carbocycles. The molecule has 0 saturated heterocycles. The Labute approximate surface area is 618 Å². The fraction of sp³-hybridized carbons (Fsp3) is 0.902. The van der Waals surface area contributed by atoms with E-state index in [1.54, 1.807) is 0 Å². The Balaban J connectivity index is 5.27. The molecular weight excluding hydrogens is 1320 g/mol. The smallest absolute Gasteiger partial charge is 0.462 e. The maximum absolute atomic E-state index is 13.1. The van der Waals surface area contributed by atoms with Crippen molar-refractivity contribution in [2.45, 2.75) is 432 Å². The number of unbranched alkanes of at least 4 members (excludes halogenated alkanes) is 49. The van der Waals surface area contributed by atoms with E-state index in [4.69, 9.17) is 37.0 Å². The van der Waals surface area contributed by atoms with Gasteiger partial charge in [-0.15, -0.1) is 0 Å². The third kappa shape index (κ3) is 75.6. The molecule has 0 spiro atoms. The first-order valence-corrected chi connectivity index (χ1v) is 44.9. The molecule has 101 heavy (non-hydrogen) atoms. The number of ether oxygens (including phenoxy) is 4. The van der Waals surface area contributed by atoms with Crippen LogP contribution in [0.3, 0.4) is 0 Å². The Hall–Kier alpha value is -2.46. The van der Waals surface area contributed by atoms with Gasteiger partial charge in [-0.3, -0.25) is 37.3 Å². The molecule has 0 saturated carbocycles. The molecule has 5 atom stereocenters. The normalized spacial score (nSPS) is 14.0. The van der Waals surface area contributed by atoms with E-state index >= 15 is 0 Å². The second-order valence-corrected chi connectivity index (χ2v) is 32.2. The van der Waals surface area contributed by atoms with Gasteiger partial charge in [0.1, 0.15) is 19.3 Å². The first-order valence-electron chi connectivity index (χ1n) is 42.0. The predicted octanol–water partition coefficient (Wildman–Crippen LogP) is 24.4. The van der Waals surface area contributed by atoms with Crippen LogP contribution in [-0.2, 0) is 65.4 Å². The lowest BCUT2D eigenvalue weighted by atomic mass is 10.0. The summed E-state index contributed by atoms with van der Waals surface area (Å²) >= 11 is 0. The molecule has 17 nitrogen and oxygen atoms in total.